The minimum atomic E-state index is 0.464. The Morgan fingerprint density at radius 1 is 0.367 bits per heavy atom. The minimum absolute atomic E-state index is 0.464. The molecule has 2 aromatic heterocycles. The van der Waals surface area contributed by atoms with Crippen LogP contribution in [-0.2, 0) is 0 Å². The van der Waals surface area contributed by atoms with Crippen molar-refractivity contribution in [3.63, 3.8) is 0 Å². The van der Waals surface area contributed by atoms with E-state index in [2.05, 4.69) is 203 Å². The highest BCUT2D eigenvalue weighted by Gasteiger charge is 2.15. The largest absolute Gasteiger partial charge is 0.316 e. The van der Waals surface area contributed by atoms with Gasteiger partial charge in [-0.3, -0.25) is 0 Å². The summed E-state index contributed by atoms with van der Waals surface area (Å²) in [5.74, 6) is 0. The Hall–Kier alpha value is -8.01. The molecule has 0 fully saturated rings. The first-order chi connectivity index (χ1) is 29.7. The van der Waals surface area contributed by atoms with Gasteiger partial charge in [0.15, 0.2) is 0 Å². The molecule has 3 heteroatoms. The van der Waals surface area contributed by atoms with Crippen molar-refractivity contribution < 1.29 is 0 Å². The Morgan fingerprint density at radius 3 is 1.78 bits per heavy atom. The number of aromatic nitrogens is 2. The maximum atomic E-state index is 8.90. The van der Waals surface area contributed by atoms with Gasteiger partial charge in [0.2, 0.25) is 0 Å². The Labute approximate surface area is 348 Å². The molecule has 0 spiro atoms. The number of para-hydroxylation sites is 2. The molecule has 0 atom stereocenters. The minimum Gasteiger partial charge on any atom is -0.316 e. The van der Waals surface area contributed by atoms with Gasteiger partial charge in [-0.25, -0.2) is 0 Å². The van der Waals surface area contributed by atoms with Crippen molar-refractivity contribution in [1.82, 2.24) is 9.13 Å². The summed E-state index contributed by atoms with van der Waals surface area (Å²) in [6.45, 7) is 0. The van der Waals surface area contributed by atoms with Crippen LogP contribution in [0.4, 0.5) is 0 Å². The number of hydrogen-bond acceptors (Lipinski definition) is 1. The number of nitrogens with one attached hydrogen (secondary N) is 1. The number of nitrogens with zero attached hydrogens (tertiary/aromatic N) is 2. The van der Waals surface area contributed by atoms with Crippen molar-refractivity contribution in [1.29, 1.82) is 5.41 Å². The number of fused-ring (bicyclic) bond motifs is 7. The van der Waals surface area contributed by atoms with E-state index < -0.39 is 0 Å². The van der Waals surface area contributed by atoms with Crippen LogP contribution in [0.25, 0.3) is 99.7 Å². The lowest BCUT2D eigenvalue weighted by Gasteiger charge is -2.10. The number of allylic oxidation sites excluding steroid dienone is 3. The first kappa shape index (κ1) is 35.2. The smallest absolute Gasteiger partial charge is 0.0612 e. The average molecular weight is 766 g/mol. The molecule has 282 valence electrons. The lowest BCUT2D eigenvalue weighted by Crippen LogP contribution is -1.94. The van der Waals surface area contributed by atoms with Crippen molar-refractivity contribution >= 4 is 66.3 Å². The number of rotatable bonds is 8. The van der Waals surface area contributed by atoms with Gasteiger partial charge >= 0.3 is 0 Å². The fourth-order valence-corrected chi connectivity index (χ4v) is 8.82. The third-order valence-corrected chi connectivity index (χ3v) is 11.8. The monoisotopic (exact) mass is 765 g/mol. The lowest BCUT2D eigenvalue weighted by molar-refractivity contribution is 1.19. The van der Waals surface area contributed by atoms with Crippen LogP contribution >= 0.6 is 0 Å². The molecule has 11 rings (SSSR count). The molecule has 2 heterocycles. The quantitative estimate of drug-likeness (QED) is 0.118. The van der Waals surface area contributed by atoms with E-state index in [0.29, 0.717) is 5.71 Å². The average Bonchev–Trinajstić information content (AvgIpc) is 3.82. The summed E-state index contributed by atoms with van der Waals surface area (Å²) >= 11 is 0. The zero-order valence-corrected chi connectivity index (χ0v) is 32.8. The summed E-state index contributed by atoms with van der Waals surface area (Å²) in [6.07, 6.45) is 7.96. The molecular weight excluding hydrogens is 727 g/mol. The Kier molecular flexibility index (Phi) is 8.64. The highest BCUT2D eigenvalue weighted by molar-refractivity contribution is 6.13. The van der Waals surface area contributed by atoms with Crippen LogP contribution < -0.4 is 0 Å². The maximum absolute atomic E-state index is 8.90. The van der Waals surface area contributed by atoms with Crippen molar-refractivity contribution in [2.75, 3.05) is 0 Å². The highest BCUT2D eigenvalue weighted by atomic mass is 15.0. The molecule has 0 aliphatic rings. The second-order valence-electron chi connectivity index (χ2n) is 15.4. The lowest BCUT2D eigenvalue weighted by atomic mass is 9.98. The van der Waals surface area contributed by atoms with Crippen molar-refractivity contribution in [2.45, 2.75) is 0 Å². The molecule has 0 saturated heterocycles. The summed E-state index contributed by atoms with van der Waals surface area (Å²) in [6, 6.07) is 73.6. The standard InChI is InChI=1S/C57H39N3/c58-53(47-18-12-17-43(35-47)42-26-24-41(25-27-42)39-13-2-1-3-14-39)21-10-11-34-59-54-22-8-6-20-50(54)52-37-45(30-33-55(52)59)46-29-32-51-49-19-7-9-23-56(49)60(57(51)38-46)48-31-28-40-15-4-5-16-44(40)36-48/h1-38,58H/b21-10-,34-11+,58-53?. The Morgan fingerprint density at radius 2 is 0.950 bits per heavy atom. The van der Waals surface area contributed by atoms with Crippen LogP contribution in [0.1, 0.15) is 5.56 Å². The van der Waals surface area contributed by atoms with E-state index in [9.17, 15) is 0 Å². The van der Waals surface area contributed by atoms with Crippen LogP contribution in [0.3, 0.4) is 0 Å². The second-order valence-corrected chi connectivity index (χ2v) is 15.4. The van der Waals surface area contributed by atoms with E-state index in [1.54, 1.807) is 0 Å². The molecule has 0 aliphatic carbocycles. The Balaban J connectivity index is 0.899. The summed E-state index contributed by atoms with van der Waals surface area (Å²) in [5.41, 5.74) is 14.1. The second kappa shape index (κ2) is 14.7. The van der Waals surface area contributed by atoms with E-state index in [4.69, 9.17) is 5.41 Å². The summed E-state index contributed by atoms with van der Waals surface area (Å²) in [5, 5.41) is 16.3. The molecule has 0 amide bonds. The predicted octanol–water partition coefficient (Wildman–Crippen LogP) is 15.1. The summed E-state index contributed by atoms with van der Waals surface area (Å²) in [7, 11) is 0. The van der Waals surface area contributed by atoms with Crippen LogP contribution in [0.5, 0.6) is 0 Å². The first-order valence-electron chi connectivity index (χ1n) is 20.4. The number of benzene rings is 9. The van der Waals surface area contributed by atoms with Crippen LogP contribution in [0.2, 0.25) is 0 Å². The van der Waals surface area contributed by atoms with Gasteiger partial charge in [0, 0.05) is 33.4 Å². The van der Waals surface area contributed by atoms with E-state index in [1.807, 2.05) is 36.4 Å². The van der Waals surface area contributed by atoms with Gasteiger partial charge in [-0.15, -0.1) is 0 Å². The van der Waals surface area contributed by atoms with E-state index in [0.717, 1.165) is 33.4 Å². The van der Waals surface area contributed by atoms with Gasteiger partial charge in [-0.05, 0) is 110 Å². The zero-order valence-electron chi connectivity index (χ0n) is 32.8. The molecule has 1 N–H and O–H groups in total. The normalized spacial score (nSPS) is 11.9. The van der Waals surface area contributed by atoms with Gasteiger partial charge in [-0.1, -0.05) is 164 Å². The SMILES string of the molecule is N=C(/C=C\C=C\n1c2ccccc2c2cc(-c3ccc4c5ccccc5n(-c5ccc6ccccc6c5)c4c3)ccc21)c1cccc(-c2ccc(-c3ccccc3)cc2)c1. The van der Waals surface area contributed by atoms with Gasteiger partial charge in [0.1, 0.15) is 0 Å². The van der Waals surface area contributed by atoms with Crippen molar-refractivity contribution in [3.8, 4) is 39.1 Å². The summed E-state index contributed by atoms with van der Waals surface area (Å²) < 4.78 is 4.66. The summed E-state index contributed by atoms with van der Waals surface area (Å²) in [4.78, 5) is 0. The van der Waals surface area contributed by atoms with E-state index in [1.165, 1.54) is 65.6 Å². The molecule has 0 unspecified atom stereocenters. The molecule has 9 aromatic carbocycles. The predicted molar refractivity (Wildman–Crippen MR) is 255 cm³/mol. The third kappa shape index (κ3) is 6.21. The molecule has 0 bridgehead atoms. The molecule has 3 nitrogen and oxygen atoms in total. The molecule has 0 aliphatic heterocycles. The van der Waals surface area contributed by atoms with Gasteiger partial charge in [0.25, 0.3) is 0 Å². The molecule has 0 radical (unpaired) electrons. The third-order valence-electron chi connectivity index (χ3n) is 11.8. The first-order valence-corrected chi connectivity index (χ1v) is 20.4. The zero-order chi connectivity index (χ0) is 40.0. The molecule has 11 aromatic rings. The van der Waals surface area contributed by atoms with E-state index >= 15 is 0 Å². The van der Waals surface area contributed by atoms with Crippen LogP contribution in [0, 0.1) is 5.41 Å². The fourth-order valence-electron chi connectivity index (χ4n) is 8.82. The van der Waals surface area contributed by atoms with Crippen LogP contribution in [0.15, 0.2) is 224 Å². The number of hydrogen-bond donors (Lipinski definition) is 1. The van der Waals surface area contributed by atoms with E-state index in [-0.39, 0.29) is 0 Å². The molecule has 0 saturated carbocycles. The van der Waals surface area contributed by atoms with Crippen LogP contribution in [-0.4, -0.2) is 14.8 Å². The van der Waals surface area contributed by atoms with Crippen molar-refractivity contribution in [2.24, 2.45) is 0 Å². The molecular formula is C57H39N3. The maximum Gasteiger partial charge on any atom is 0.0612 e. The Bertz CT molecular complexity index is 3490. The fraction of sp³-hybridized carbons (Fsp3) is 0. The topological polar surface area (TPSA) is 33.7 Å². The van der Waals surface area contributed by atoms with Crippen molar-refractivity contribution in [3.05, 3.63) is 230 Å². The van der Waals surface area contributed by atoms with Gasteiger partial charge in [0.05, 0.1) is 27.8 Å². The molecule has 60 heavy (non-hydrogen) atoms. The van der Waals surface area contributed by atoms with Gasteiger partial charge in [-0.2, -0.15) is 0 Å². The van der Waals surface area contributed by atoms with Gasteiger partial charge < -0.3 is 14.5 Å². The highest BCUT2D eigenvalue weighted by Crippen LogP contribution is 2.38.